The molecule has 5 heteroatoms. The molecular formula is C20H23N3O2. The summed E-state index contributed by atoms with van der Waals surface area (Å²) < 4.78 is 5.80. The van der Waals surface area contributed by atoms with Crippen LogP contribution in [0, 0.1) is 11.3 Å². The highest BCUT2D eigenvalue weighted by Crippen LogP contribution is 2.16. The summed E-state index contributed by atoms with van der Waals surface area (Å²) in [4.78, 5) is 11.6. The molecule has 0 heterocycles. The van der Waals surface area contributed by atoms with Crippen LogP contribution in [0.15, 0.2) is 48.5 Å². The molecule has 0 unspecified atom stereocenters. The normalized spacial score (nSPS) is 10.3. The standard InChI is InChI=1S/C20H23N3O2/c1-15(2)23-20(24)13-22-12-16-6-5-9-19(10-16)25-14-18-8-4-3-7-17(18)11-21/h3-10,15,22H,12-14H2,1-2H3,(H,23,24). The topological polar surface area (TPSA) is 74.2 Å². The van der Waals surface area contributed by atoms with E-state index in [1.807, 2.05) is 56.3 Å². The zero-order valence-corrected chi connectivity index (χ0v) is 14.6. The van der Waals surface area contributed by atoms with Gasteiger partial charge in [-0.1, -0.05) is 30.3 Å². The van der Waals surface area contributed by atoms with E-state index < -0.39 is 0 Å². The summed E-state index contributed by atoms with van der Waals surface area (Å²) in [5, 5.41) is 15.1. The zero-order valence-electron chi connectivity index (χ0n) is 14.6. The number of hydrogen-bond acceptors (Lipinski definition) is 4. The molecule has 0 aliphatic carbocycles. The van der Waals surface area contributed by atoms with Crippen LogP contribution in [0.4, 0.5) is 0 Å². The Morgan fingerprint density at radius 1 is 1.20 bits per heavy atom. The number of nitriles is 1. The summed E-state index contributed by atoms with van der Waals surface area (Å²) in [6.07, 6.45) is 0. The number of nitrogens with zero attached hydrogens (tertiary/aromatic N) is 1. The molecule has 0 saturated carbocycles. The van der Waals surface area contributed by atoms with Crippen molar-refractivity contribution >= 4 is 5.91 Å². The molecule has 0 spiro atoms. The predicted molar refractivity (Wildman–Crippen MR) is 96.9 cm³/mol. The van der Waals surface area contributed by atoms with Crippen LogP contribution in [-0.4, -0.2) is 18.5 Å². The molecule has 0 aliphatic rings. The summed E-state index contributed by atoms with van der Waals surface area (Å²) in [7, 11) is 0. The zero-order chi connectivity index (χ0) is 18.1. The fourth-order valence-corrected chi connectivity index (χ4v) is 2.35. The van der Waals surface area contributed by atoms with Gasteiger partial charge in [0.15, 0.2) is 0 Å². The molecule has 5 nitrogen and oxygen atoms in total. The molecule has 0 aliphatic heterocycles. The van der Waals surface area contributed by atoms with Crippen molar-refractivity contribution < 1.29 is 9.53 Å². The Labute approximate surface area is 148 Å². The van der Waals surface area contributed by atoms with Gasteiger partial charge in [-0.25, -0.2) is 0 Å². The van der Waals surface area contributed by atoms with Gasteiger partial charge in [-0.2, -0.15) is 5.26 Å². The summed E-state index contributed by atoms with van der Waals surface area (Å²) in [5.74, 6) is 0.717. The second-order valence-corrected chi connectivity index (χ2v) is 6.03. The van der Waals surface area contributed by atoms with Gasteiger partial charge < -0.3 is 15.4 Å². The van der Waals surface area contributed by atoms with E-state index in [1.54, 1.807) is 6.07 Å². The Hall–Kier alpha value is -2.84. The largest absolute Gasteiger partial charge is 0.489 e. The molecule has 0 aromatic heterocycles. The van der Waals surface area contributed by atoms with E-state index in [0.717, 1.165) is 16.9 Å². The minimum Gasteiger partial charge on any atom is -0.489 e. The van der Waals surface area contributed by atoms with Crippen molar-refractivity contribution in [2.45, 2.75) is 33.0 Å². The monoisotopic (exact) mass is 337 g/mol. The molecule has 2 rings (SSSR count). The number of amides is 1. The Morgan fingerprint density at radius 3 is 2.76 bits per heavy atom. The number of hydrogen-bond donors (Lipinski definition) is 2. The van der Waals surface area contributed by atoms with Gasteiger partial charge in [-0.3, -0.25) is 4.79 Å². The number of carbonyl (C=O) groups excluding carboxylic acids is 1. The number of nitrogens with one attached hydrogen (secondary N) is 2. The highest BCUT2D eigenvalue weighted by molar-refractivity contribution is 5.78. The summed E-state index contributed by atoms with van der Waals surface area (Å²) in [6, 6.07) is 17.4. The number of rotatable bonds is 8. The first kappa shape index (κ1) is 18.5. The SMILES string of the molecule is CC(C)NC(=O)CNCc1cccc(OCc2ccccc2C#N)c1. The molecule has 2 aromatic carbocycles. The molecule has 1 amide bonds. The maximum absolute atomic E-state index is 11.6. The van der Waals surface area contributed by atoms with Crippen molar-refractivity contribution in [3.05, 3.63) is 65.2 Å². The van der Waals surface area contributed by atoms with Crippen molar-refractivity contribution in [1.29, 1.82) is 5.26 Å². The van der Waals surface area contributed by atoms with Gasteiger partial charge in [0, 0.05) is 18.2 Å². The summed E-state index contributed by atoms with van der Waals surface area (Å²) >= 11 is 0. The van der Waals surface area contributed by atoms with Gasteiger partial charge in [0.2, 0.25) is 5.91 Å². The predicted octanol–water partition coefficient (Wildman–Crippen LogP) is 2.75. The van der Waals surface area contributed by atoms with E-state index in [9.17, 15) is 4.79 Å². The van der Waals surface area contributed by atoms with E-state index in [-0.39, 0.29) is 18.5 Å². The lowest BCUT2D eigenvalue weighted by molar-refractivity contribution is -0.120. The Bertz CT molecular complexity index is 751. The van der Waals surface area contributed by atoms with Crippen LogP contribution >= 0.6 is 0 Å². The third kappa shape index (κ3) is 6.28. The molecule has 25 heavy (non-hydrogen) atoms. The Kier molecular flexibility index (Phi) is 7.00. The third-order valence-corrected chi connectivity index (χ3v) is 3.49. The minimum atomic E-state index is -0.0180. The van der Waals surface area contributed by atoms with Gasteiger partial charge in [-0.05, 0) is 37.6 Å². The second kappa shape index (κ2) is 9.45. The molecule has 2 N–H and O–H groups in total. The fourth-order valence-electron chi connectivity index (χ4n) is 2.35. The average molecular weight is 337 g/mol. The molecular weight excluding hydrogens is 314 g/mol. The Balaban J connectivity index is 1.86. The third-order valence-electron chi connectivity index (χ3n) is 3.49. The minimum absolute atomic E-state index is 0.0180. The van der Waals surface area contributed by atoms with Gasteiger partial charge in [0.1, 0.15) is 12.4 Å². The quantitative estimate of drug-likeness (QED) is 0.777. The first-order valence-corrected chi connectivity index (χ1v) is 8.28. The number of benzene rings is 2. The number of ether oxygens (including phenoxy) is 1. The van der Waals surface area contributed by atoms with Crippen molar-refractivity contribution in [1.82, 2.24) is 10.6 Å². The fraction of sp³-hybridized carbons (Fsp3) is 0.300. The second-order valence-electron chi connectivity index (χ2n) is 6.03. The van der Waals surface area contributed by atoms with E-state index in [0.29, 0.717) is 18.7 Å². The highest BCUT2D eigenvalue weighted by Gasteiger charge is 2.04. The van der Waals surface area contributed by atoms with Gasteiger partial charge in [-0.15, -0.1) is 0 Å². The van der Waals surface area contributed by atoms with Crippen molar-refractivity contribution in [2.24, 2.45) is 0 Å². The molecule has 0 bridgehead atoms. The van der Waals surface area contributed by atoms with Gasteiger partial charge in [0.25, 0.3) is 0 Å². The van der Waals surface area contributed by atoms with E-state index in [1.165, 1.54) is 0 Å². The molecule has 0 saturated heterocycles. The molecule has 0 atom stereocenters. The molecule has 2 aromatic rings. The van der Waals surface area contributed by atoms with Gasteiger partial charge >= 0.3 is 0 Å². The van der Waals surface area contributed by atoms with Crippen molar-refractivity contribution in [3.8, 4) is 11.8 Å². The van der Waals surface area contributed by atoms with E-state index in [4.69, 9.17) is 10.00 Å². The highest BCUT2D eigenvalue weighted by atomic mass is 16.5. The maximum Gasteiger partial charge on any atom is 0.234 e. The first-order valence-electron chi connectivity index (χ1n) is 8.28. The van der Waals surface area contributed by atoms with Crippen LogP contribution in [0.2, 0.25) is 0 Å². The molecule has 130 valence electrons. The molecule has 0 fully saturated rings. The van der Waals surface area contributed by atoms with Crippen LogP contribution < -0.4 is 15.4 Å². The molecule has 0 radical (unpaired) electrons. The maximum atomic E-state index is 11.6. The van der Waals surface area contributed by atoms with Crippen LogP contribution in [-0.2, 0) is 17.9 Å². The lowest BCUT2D eigenvalue weighted by atomic mass is 10.1. The van der Waals surface area contributed by atoms with E-state index in [2.05, 4.69) is 16.7 Å². The van der Waals surface area contributed by atoms with Crippen molar-refractivity contribution in [2.75, 3.05) is 6.54 Å². The lowest BCUT2D eigenvalue weighted by Gasteiger charge is -2.11. The van der Waals surface area contributed by atoms with Gasteiger partial charge in [0.05, 0.1) is 18.2 Å². The average Bonchev–Trinajstić information content (AvgIpc) is 2.60. The Morgan fingerprint density at radius 2 is 2.00 bits per heavy atom. The van der Waals surface area contributed by atoms with Crippen molar-refractivity contribution in [3.63, 3.8) is 0 Å². The van der Waals surface area contributed by atoms with E-state index >= 15 is 0 Å². The first-order chi connectivity index (χ1) is 12.1. The van der Waals surface area contributed by atoms with Crippen LogP contribution in [0.25, 0.3) is 0 Å². The lowest BCUT2D eigenvalue weighted by Crippen LogP contribution is -2.37. The smallest absolute Gasteiger partial charge is 0.234 e. The van der Waals surface area contributed by atoms with Crippen LogP contribution in [0.1, 0.15) is 30.5 Å². The van der Waals surface area contributed by atoms with Crippen LogP contribution in [0.3, 0.4) is 0 Å². The number of carbonyl (C=O) groups is 1. The van der Waals surface area contributed by atoms with Crippen LogP contribution in [0.5, 0.6) is 5.75 Å². The summed E-state index contributed by atoms with van der Waals surface area (Å²) in [5.41, 5.74) is 2.51. The summed E-state index contributed by atoms with van der Waals surface area (Å²) in [6.45, 7) is 5.07.